The molecule has 1 atom stereocenters. The Hall–Kier alpha value is -3.44. The Kier molecular flexibility index (Phi) is 7.08. The van der Waals surface area contributed by atoms with Crippen molar-refractivity contribution in [3.05, 3.63) is 75.6 Å². The summed E-state index contributed by atoms with van der Waals surface area (Å²) in [7, 11) is 0. The van der Waals surface area contributed by atoms with E-state index in [2.05, 4.69) is 15.1 Å². The molecule has 3 aromatic heterocycles. The van der Waals surface area contributed by atoms with Gasteiger partial charge >= 0.3 is 11.9 Å². The van der Waals surface area contributed by atoms with Gasteiger partial charge in [0.15, 0.2) is 17.7 Å². The molecule has 0 saturated heterocycles. The molecule has 35 heavy (non-hydrogen) atoms. The lowest BCUT2D eigenvalue weighted by molar-refractivity contribution is -0.189. The fourth-order valence-electron chi connectivity index (χ4n) is 3.36. The molecule has 0 fully saturated rings. The van der Waals surface area contributed by atoms with Crippen LogP contribution in [-0.2, 0) is 24.5 Å². The number of hydrogen-bond acceptors (Lipinski definition) is 6. The van der Waals surface area contributed by atoms with Crippen LogP contribution in [0.15, 0.2) is 53.5 Å². The van der Waals surface area contributed by atoms with Crippen LogP contribution >= 0.6 is 11.6 Å². The number of nitrogens with zero attached hydrogens (tertiary/aromatic N) is 5. The van der Waals surface area contributed by atoms with Crippen LogP contribution in [-0.4, -0.2) is 36.6 Å². The SMILES string of the molecule is CCn1c(COCc2ccccc2)nn(-c2cc3nccc(Cl)c3c(OC(C)C(F)(F)F)n2)c1=O. The summed E-state index contributed by atoms with van der Waals surface area (Å²) in [5.74, 6) is -0.126. The van der Waals surface area contributed by atoms with Gasteiger partial charge in [0, 0.05) is 18.8 Å². The monoisotopic (exact) mass is 507 g/mol. The number of fused-ring (bicyclic) bond motifs is 1. The molecule has 4 rings (SSSR count). The van der Waals surface area contributed by atoms with Gasteiger partial charge in [-0.3, -0.25) is 9.55 Å². The van der Waals surface area contributed by atoms with Crippen molar-refractivity contribution in [3.63, 3.8) is 0 Å². The van der Waals surface area contributed by atoms with Crippen molar-refractivity contribution in [3.8, 4) is 11.7 Å². The Morgan fingerprint density at radius 1 is 1.14 bits per heavy atom. The second-order valence-corrected chi connectivity index (χ2v) is 8.01. The number of hydrogen-bond donors (Lipinski definition) is 0. The summed E-state index contributed by atoms with van der Waals surface area (Å²) in [5, 5.41) is 4.53. The van der Waals surface area contributed by atoms with Gasteiger partial charge in [0.2, 0.25) is 5.88 Å². The Morgan fingerprint density at radius 2 is 1.89 bits per heavy atom. The normalized spacial score (nSPS) is 12.7. The van der Waals surface area contributed by atoms with E-state index in [1.54, 1.807) is 6.92 Å². The summed E-state index contributed by atoms with van der Waals surface area (Å²) >= 11 is 6.20. The molecule has 0 radical (unpaired) electrons. The van der Waals surface area contributed by atoms with Crippen molar-refractivity contribution in [2.45, 2.75) is 45.9 Å². The Bertz CT molecular complexity index is 1390. The van der Waals surface area contributed by atoms with E-state index in [0.717, 1.165) is 17.2 Å². The first-order valence-electron chi connectivity index (χ1n) is 10.7. The van der Waals surface area contributed by atoms with Crippen molar-refractivity contribution in [2.24, 2.45) is 0 Å². The molecule has 8 nitrogen and oxygen atoms in total. The fraction of sp³-hybridized carbons (Fsp3) is 0.304. The predicted octanol–water partition coefficient (Wildman–Crippen LogP) is 4.70. The highest BCUT2D eigenvalue weighted by atomic mass is 35.5. The molecule has 3 heterocycles. The quantitative estimate of drug-likeness (QED) is 0.344. The van der Waals surface area contributed by atoms with Gasteiger partial charge < -0.3 is 9.47 Å². The highest BCUT2D eigenvalue weighted by Crippen LogP contribution is 2.33. The van der Waals surface area contributed by atoms with Crippen LogP contribution in [0.1, 0.15) is 25.2 Å². The largest absolute Gasteiger partial charge is 0.464 e. The van der Waals surface area contributed by atoms with E-state index < -0.39 is 23.8 Å². The van der Waals surface area contributed by atoms with E-state index in [4.69, 9.17) is 21.1 Å². The maximum Gasteiger partial charge on any atom is 0.425 e. The lowest BCUT2D eigenvalue weighted by atomic mass is 10.2. The molecule has 1 aromatic carbocycles. The third-order valence-corrected chi connectivity index (χ3v) is 5.50. The van der Waals surface area contributed by atoms with Gasteiger partial charge in [-0.2, -0.15) is 22.8 Å². The summed E-state index contributed by atoms with van der Waals surface area (Å²) in [6.07, 6.45) is -5.42. The number of aromatic nitrogens is 5. The van der Waals surface area contributed by atoms with Crippen LogP contribution < -0.4 is 10.4 Å². The highest BCUT2D eigenvalue weighted by Gasteiger charge is 2.39. The maximum absolute atomic E-state index is 13.2. The molecular formula is C23H21ClF3N5O3. The molecule has 0 bridgehead atoms. The lowest BCUT2D eigenvalue weighted by Gasteiger charge is -2.18. The Morgan fingerprint density at radius 3 is 2.57 bits per heavy atom. The van der Waals surface area contributed by atoms with Crippen LogP contribution in [0.5, 0.6) is 5.88 Å². The van der Waals surface area contributed by atoms with Crippen LogP contribution in [0.2, 0.25) is 5.02 Å². The molecule has 0 saturated carbocycles. The summed E-state index contributed by atoms with van der Waals surface area (Å²) < 4.78 is 52.7. The summed E-state index contributed by atoms with van der Waals surface area (Å²) in [6, 6.07) is 12.3. The number of halogens is 4. The molecule has 1 unspecified atom stereocenters. The average Bonchev–Trinajstić information content (AvgIpc) is 3.14. The van der Waals surface area contributed by atoms with Crippen molar-refractivity contribution in [1.82, 2.24) is 24.3 Å². The molecule has 0 aliphatic carbocycles. The maximum atomic E-state index is 13.2. The van der Waals surface area contributed by atoms with Crippen molar-refractivity contribution in [1.29, 1.82) is 0 Å². The number of alkyl halides is 3. The lowest BCUT2D eigenvalue weighted by Crippen LogP contribution is -2.31. The van der Waals surface area contributed by atoms with Gasteiger partial charge in [-0.1, -0.05) is 41.9 Å². The van der Waals surface area contributed by atoms with Crippen LogP contribution in [0.25, 0.3) is 16.7 Å². The van der Waals surface area contributed by atoms with E-state index in [0.29, 0.717) is 19.0 Å². The summed E-state index contributed by atoms with van der Waals surface area (Å²) in [6.45, 7) is 3.27. The molecule has 4 aromatic rings. The predicted molar refractivity (Wildman–Crippen MR) is 123 cm³/mol. The molecule has 12 heteroatoms. The van der Waals surface area contributed by atoms with E-state index in [9.17, 15) is 18.0 Å². The molecule has 184 valence electrons. The van der Waals surface area contributed by atoms with Crippen LogP contribution in [0.4, 0.5) is 13.2 Å². The Balaban J connectivity index is 1.72. The molecule has 0 N–H and O–H groups in total. The number of pyridine rings is 2. The fourth-order valence-corrected chi connectivity index (χ4v) is 3.60. The van der Waals surface area contributed by atoms with E-state index in [1.165, 1.54) is 22.9 Å². The zero-order chi connectivity index (χ0) is 25.2. The van der Waals surface area contributed by atoms with Gasteiger partial charge in [0.05, 0.1) is 22.5 Å². The zero-order valence-corrected chi connectivity index (χ0v) is 19.5. The number of benzene rings is 1. The summed E-state index contributed by atoms with van der Waals surface area (Å²) in [5.41, 5.74) is 0.623. The minimum atomic E-state index is -4.64. The zero-order valence-electron chi connectivity index (χ0n) is 18.8. The van der Waals surface area contributed by atoms with E-state index >= 15 is 0 Å². The minimum absolute atomic E-state index is 0.0388. The second kappa shape index (κ2) is 10.0. The smallest absolute Gasteiger partial charge is 0.425 e. The molecule has 0 spiro atoms. The van der Waals surface area contributed by atoms with Crippen molar-refractivity contribution < 1.29 is 22.6 Å². The third-order valence-electron chi connectivity index (χ3n) is 5.19. The van der Waals surface area contributed by atoms with Crippen LogP contribution in [0, 0.1) is 0 Å². The number of rotatable bonds is 8. The Labute approximate surface area is 202 Å². The molecule has 0 aliphatic heterocycles. The van der Waals surface area contributed by atoms with Crippen molar-refractivity contribution >= 4 is 22.5 Å². The highest BCUT2D eigenvalue weighted by molar-refractivity contribution is 6.35. The average molecular weight is 508 g/mol. The first-order valence-corrected chi connectivity index (χ1v) is 11.1. The number of ether oxygens (including phenoxy) is 2. The molecule has 0 amide bonds. The van der Waals surface area contributed by atoms with E-state index in [1.807, 2.05) is 30.3 Å². The molecular weight excluding hydrogens is 487 g/mol. The van der Waals surface area contributed by atoms with Gasteiger partial charge in [0.1, 0.15) is 6.61 Å². The second-order valence-electron chi connectivity index (χ2n) is 7.61. The van der Waals surface area contributed by atoms with Gasteiger partial charge in [-0.25, -0.2) is 4.79 Å². The molecule has 0 aliphatic rings. The van der Waals surface area contributed by atoms with Crippen molar-refractivity contribution in [2.75, 3.05) is 0 Å². The van der Waals surface area contributed by atoms with Gasteiger partial charge in [-0.05, 0) is 25.5 Å². The van der Waals surface area contributed by atoms with Gasteiger partial charge in [-0.15, -0.1) is 5.10 Å². The van der Waals surface area contributed by atoms with Gasteiger partial charge in [0.25, 0.3) is 0 Å². The van der Waals surface area contributed by atoms with E-state index in [-0.39, 0.29) is 28.4 Å². The standard InChI is InChI=1S/C23H21ClF3N5O3/c1-3-31-19(13-34-12-15-7-5-4-6-8-15)30-32(22(31)33)18-11-17-20(16(24)9-10-28-17)21(29-18)35-14(2)23(25,26)27/h4-11,14H,3,12-13H2,1-2H3. The minimum Gasteiger partial charge on any atom is -0.464 e. The first-order chi connectivity index (χ1) is 16.7. The van der Waals surface area contributed by atoms with Crippen LogP contribution in [0.3, 0.4) is 0 Å². The third kappa shape index (κ3) is 5.30. The topological polar surface area (TPSA) is 84.1 Å². The summed E-state index contributed by atoms with van der Waals surface area (Å²) in [4.78, 5) is 21.4. The first kappa shape index (κ1) is 24.7.